The fraction of sp³-hybridized carbons (Fsp3) is 0.286. The molecule has 1 aromatic carbocycles. The minimum Gasteiger partial charge on any atom is -0.481 e. The predicted molar refractivity (Wildman–Crippen MR) is 107 cm³/mol. The summed E-state index contributed by atoms with van der Waals surface area (Å²) in [6, 6.07) is 9.63. The van der Waals surface area contributed by atoms with E-state index in [1.54, 1.807) is 18.3 Å². The first-order valence-corrected chi connectivity index (χ1v) is 9.90. The molecular weight excluding hydrogens is 376 g/mol. The van der Waals surface area contributed by atoms with Crippen LogP contribution in [0.1, 0.15) is 22.6 Å². The third-order valence-corrected chi connectivity index (χ3v) is 5.13. The number of carbonyl (C=O) groups excluding carboxylic acids is 1. The van der Waals surface area contributed by atoms with Gasteiger partial charge >= 0.3 is 5.97 Å². The van der Waals surface area contributed by atoms with Gasteiger partial charge in [0.1, 0.15) is 5.76 Å². The summed E-state index contributed by atoms with van der Waals surface area (Å²) in [6.45, 7) is 3.80. The number of carboxylic acid groups (broad SMARTS) is 1. The monoisotopic (exact) mass is 398 g/mol. The number of aromatic nitrogens is 1. The Kier molecular flexibility index (Phi) is 6.26. The molecule has 3 aromatic rings. The Morgan fingerprint density at radius 3 is 2.79 bits per heavy atom. The third kappa shape index (κ3) is 5.07. The van der Waals surface area contributed by atoms with Crippen molar-refractivity contribution < 1.29 is 19.1 Å². The van der Waals surface area contributed by atoms with Gasteiger partial charge in [-0.15, -0.1) is 0 Å². The Balaban J connectivity index is 1.58. The fourth-order valence-corrected chi connectivity index (χ4v) is 3.55. The van der Waals surface area contributed by atoms with Crippen LogP contribution < -0.4 is 5.32 Å². The molecule has 0 aliphatic rings. The standard InChI is InChI=1S/C21H22N2O4S/c1-13-4-3-5-15(8-13)9-17(21(25)26)11-22-19(24)10-18-14(2)27-20(23-18)16-6-7-28-12-16/h3-8,12,17H,9-11H2,1-2H3,(H,22,24)(H,25,26). The highest BCUT2D eigenvalue weighted by molar-refractivity contribution is 7.08. The lowest BCUT2D eigenvalue weighted by atomic mass is 9.98. The molecule has 7 heteroatoms. The average molecular weight is 398 g/mol. The normalized spacial score (nSPS) is 11.9. The van der Waals surface area contributed by atoms with E-state index in [0.29, 0.717) is 23.8 Å². The second kappa shape index (κ2) is 8.84. The minimum absolute atomic E-state index is 0.0518. The number of oxazole rings is 1. The largest absolute Gasteiger partial charge is 0.481 e. The van der Waals surface area contributed by atoms with Gasteiger partial charge in [0.2, 0.25) is 11.8 Å². The van der Waals surface area contributed by atoms with Crippen molar-refractivity contribution in [3.05, 3.63) is 63.7 Å². The minimum atomic E-state index is -0.931. The second-order valence-electron chi connectivity index (χ2n) is 6.74. The van der Waals surface area contributed by atoms with Crippen LogP contribution in [0.5, 0.6) is 0 Å². The zero-order valence-electron chi connectivity index (χ0n) is 15.8. The molecule has 1 amide bonds. The second-order valence-corrected chi connectivity index (χ2v) is 7.52. The highest BCUT2D eigenvalue weighted by atomic mass is 32.1. The molecule has 1 unspecified atom stereocenters. The summed E-state index contributed by atoms with van der Waals surface area (Å²) in [5, 5.41) is 16.1. The van der Waals surface area contributed by atoms with Crippen molar-refractivity contribution in [1.82, 2.24) is 10.3 Å². The van der Waals surface area contributed by atoms with Crippen LogP contribution in [0.2, 0.25) is 0 Å². The van der Waals surface area contributed by atoms with Crippen molar-refractivity contribution in [3.8, 4) is 11.5 Å². The SMILES string of the molecule is Cc1cccc(CC(CNC(=O)Cc2nc(-c3ccsc3)oc2C)C(=O)O)c1. The lowest BCUT2D eigenvalue weighted by molar-refractivity contribution is -0.141. The van der Waals surface area contributed by atoms with Gasteiger partial charge in [-0.2, -0.15) is 11.3 Å². The van der Waals surface area contributed by atoms with Crippen LogP contribution in [-0.2, 0) is 22.4 Å². The molecule has 0 fully saturated rings. The van der Waals surface area contributed by atoms with Gasteiger partial charge in [0, 0.05) is 17.5 Å². The van der Waals surface area contributed by atoms with E-state index in [-0.39, 0.29) is 18.9 Å². The average Bonchev–Trinajstić information content (AvgIpc) is 3.29. The molecule has 0 aliphatic heterocycles. The highest BCUT2D eigenvalue weighted by Gasteiger charge is 2.20. The summed E-state index contributed by atoms with van der Waals surface area (Å²) in [6.07, 6.45) is 0.416. The van der Waals surface area contributed by atoms with Crippen LogP contribution in [0.4, 0.5) is 0 Å². The van der Waals surface area contributed by atoms with E-state index in [4.69, 9.17) is 4.42 Å². The topological polar surface area (TPSA) is 92.4 Å². The zero-order valence-corrected chi connectivity index (χ0v) is 16.6. The smallest absolute Gasteiger partial charge is 0.308 e. The quantitative estimate of drug-likeness (QED) is 0.605. The number of aliphatic carboxylic acids is 1. The summed E-state index contributed by atoms with van der Waals surface area (Å²) < 4.78 is 5.64. The van der Waals surface area contributed by atoms with Crippen molar-refractivity contribution in [2.24, 2.45) is 5.92 Å². The summed E-state index contributed by atoms with van der Waals surface area (Å²) in [5.41, 5.74) is 3.45. The molecule has 0 aliphatic carbocycles. The molecule has 0 saturated carbocycles. The molecule has 0 radical (unpaired) electrons. The molecule has 0 spiro atoms. The third-order valence-electron chi connectivity index (χ3n) is 4.45. The lowest BCUT2D eigenvalue weighted by Crippen LogP contribution is -2.35. The van der Waals surface area contributed by atoms with Gasteiger partial charge in [-0.05, 0) is 37.3 Å². The molecule has 0 saturated heterocycles. The van der Waals surface area contributed by atoms with E-state index in [1.165, 1.54) is 0 Å². The first kappa shape index (κ1) is 19.8. The van der Waals surface area contributed by atoms with Gasteiger partial charge in [-0.3, -0.25) is 9.59 Å². The predicted octanol–water partition coefficient (Wildman–Crippen LogP) is 3.62. The van der Waals surface area contributed by atoms with Crippen LogP contribution in [0.3, 0.4) is 0 Å². The van der Waals surface area contributed by atoms with Crippen LogP contribution in [-0.4, -0.2) is 28.5 Å². The van der Waals surface area contributed by atoms with E-state index in [2.05, 4.69) is 10.3 Å². The molecular formula is C21H22N2O4S. The van der Waals surface area contributed by atoms with Crippen molar-refractivity contribution in [3.63, 3.8) is 0 Å². The van der Waals surface area contributed by atoms with Gasteiger partial charge in [0.05, 0.1) is 18.0 Å². The maximum absolute atomic E-state index is 12.3. The Labute approximate surface area is 167 Å². The Morgan fingerprint density at radius 2 is 2.11 bits per heavy atom. The van der Waals surface area contributed by atoms with Crippen LogP contribution in [0, 0.1) is 19.8 Å². The summed E-state index contributed by atoms with van der Waals surface area (Å²) in [7, 11) is 0. The van der Waals surface area contributed by atoms with Crippen LogP contribution in [0.15, 0.2) is 45.5 Å². The molecule has 1 atom stereocenters. The van der Waals surface area contributed by atoms with Gasteiger partial charge < -0.3 is 14.8 Å². The van der Waals surface area contributed by atoms with E-state index in [1.807, 2.05) is 48.0 Å². The lowest BCUT2D eigenvalue weighted by Gasteiger charge is -2.14. The maximum atomic E-state index is 12.3. The molecule has 2 heterocycles. The van der Waals surface area contributed by atoms with E-state index in [0.717, 1.165) is 16.7 Å². The Morgan fingerprint density at radius 1 is 1.29 bits per heavy atom. The van der Waals surface area contributed by atoms with Gasteiger partial charge in [-0.25, -0.2) is 4.98 Å². The van der Waals surface area contributed by atoms with Gasteiger partial charge in [-0.1, -0.05) is 29.8 Å². The summed E-state index contributed by atoms with van der Waals surface area (Å²) in [4.78, 5) is 28.3. The number of amides is 1. The number of hydrogen-bond donors (Lipinski definition) is 2. The summed E-state index contributed by atoms with van der Waals surface area (Å²) >= 11 is 1.54. The van der Waals surface area contributed by atoms with E-state index in [9.17, 15) is 14.7 Å². The molecule has 28 heavy (non-hydrogen) atoms. The number of thiophene rings is 1. The number of benzene rings is 1. The summed E-state index contributed by atoms with van der Waals surface area (Å²) in [5.74, 6) is -0.816. The Hall–Kier alpha value is -2.93. The first-order valence-electron chi connectivity index (χ1n) is 8.96. The van der Waals surface area contributed by atoms with Crippen molar-refractivity contribution in [2.75, 3.05) is 6.54 Å². The highest BCUT2D eigenvalue weighted by Crippen LogP contribution is 2.24. The molecule has 2 aromatic heterocycles. The van der Waals surface area contributed by atoms with Crippen molar-refractivity contribution >= 4 is 23.2 Å². The molecule has 0 bridgehead atoms. The van der Waals surface area contributed by atoms with Gasteiger partial charge in [0.25, 0.3) is 0 Å². The van der Waals surface area contributed by atoms with Gasteiger partial charge in [0.15, 0.2) is 0 Å². The molecule has 3 rings (SSSR count). The van der Waals surface area contributed by atoms with E-state index >= 15 is 0 Å². The number of carboxylic acids is 1. The number of rotatable bonds is 8. The number of nitrogens with zero attached hydrogens (tertiary/aromatic N) is 1. The fourth-order valence-electron chi connectivity index (χ4n) is 2.92. The first-order chi connectivity index (χ1) is 13.4. The van der Waals surface area contributed by atoms with E-state index < -0.39 is 11.9 Å². The van der Waals surface area contributed by atoms with Crippen LogP contribution in [0.25, 0.3) is 11.5 Å². The van der Waals surface area contributed by atoms with Crippen molar-refractivity contribution in [1.29, 1.82) is 0 Å². The number of carbonyl (C=O) groups is 2. The number of aryl methyl sites for hydroxylation is 2. The molecule has 146 valence electrons. The zero-order chi connectivity index (χ0) is 20.1. The van der Waals surface area contributed by atoms with Crippen LogP contribution >= 0.6 is 11.3 Å². The molecule has 6 nitrogen and oxygen atoms in total. The Bertz CT molecular complexity index is 963. The van der Waals surface area contributed by atoms with Crippen molar-refractivity contribution in [2.45, 2.75) is 26.7 Å². The maximum Gasteiger partial charge on any atom is 0.308 e. The number of hydrogen-bond acceptors (Lipinski definition) is 5. The number of nitrogens with one attached hydrogen (secondary N) is 1. The molecule has 2 N–H and O–H groups in total.